The molecular formula is C10H7BrCl2F3NO3S. The van der Waals surface area contributed by atoms with Gasteiger partial charge in [0.15, 0.2) is 0 Å². The first-order chi connectivity index (χ1) is 9.42. The van der Waals surface area contributed by atoms with Crippen LogP contribution in [0.2, 0.25) is 5.02 Å². The summed E-state index contributed by atoms with van der Waals surface area (Å²) < 4.78 is 58.5. The predicted octanol–water partition coefficient (Wildman–Crippen LogP) is 3.71. The van der Waals surface area contributed by atoms with Gasteiger partial charge in [-0.25, -0.2) is 8.42 Å². The van der Waals surface area contributed by atoms with Gasteiger partial charge in [-0.15, -0.1) is 0 Å². The van der Waals surface area contributed by atoms with E-state index in [-0.39, 0.29) is 15.1 Å². The molecule has 0 fully saturated rings. The Morgan fingerprint density at radius 2 is 1.90 bits per heavy atom. The number of hydrogen-bond donors (Lipinski definition) is 1. The van der Waals surface area contributed by atoms with Gasteiger partial charge in [-0.05, 0) is 28.1 Å². The zero-order chi connectivity index (χ0) is 16.4. The summed E-state index contributed by atoms with van der Waals surface area (Å²) in [7, 11) is 1.00. The molecule has 1 N–H and O–H groups in total. The first-order valence-electron chi connectivity index (χ1n) is 5.20. The lowest BCUT2D eigenvalue weighted by molar-refractivity contribution is -0.132. The molecule has 0 radical (unpaired) electrons. The number of amides is 1. The van der Waals surface area contributed by atoms with E-state index in [1.165, 1.54) is 0 Å². The molecule has 0 saturated heterocycles. The Morgan fingerprint density at radius 1 is 1.33 bits per heavy atom. The molecule has 21 heavy (non-hydrogen) atoms. The summed E-state index contributed by atoms with van der Waals surface area (Å²) in [6.45, 7) is -0.640. The van der Waals surface area contributed by atoms with Crippen molar-refractivity contribution in [2.45, 2.75) is 17.5 Å². The maximum atomic E-state index is 12.0. The van der Waals surface area contributed by atoms with Gasteiger partial charge in [0.25, 0.3) is 15.0 Å². The zero-order valence-corrected chi connectivity index (χ0v) is 13.9. The van der Waals surface area contributed by atoms with Crippen LogP contribution in [-0.4, -0.2) is 27.0 Å². The Hall–Kier alpha value is -0.510. The van der Waals surface area contributed by atoms with Gasteiger partial charge in [0.2, 0.25) is 0 Å². The number of alkyl halides is 3. The Kier molecular flexibility index (Phi) is 5.93. The standard InChI is InChI=1S/C10H7BrCl2F3NO3S/c11-8-6(12)3-5(4-7(8)21(13,19)20)9(18)17-2-1-10(14,15)16/h3-4H,1-2H2,(H,17,18). The Labute approximate surface area is 136 Å². The molecule has 0 aromatic heterocycles. The van der Waals surface area contributed by atoms with Gasteiger partial charge in [-0.2, -0.15) is 13.2 Å². The van der Waals surface area contributed by atoms with Crippen LogP contribution in [-0.2, 0) is 9.05 Å². The first kappa shape index (κ1) is 18.5. The van der Waals surface area contributed by atoms with Crippen LogP contribution in [0.5, 0.6) is 0 Å². The van der Waals surface area contributed by atoms with E-state index >= 15 is 0 Å². The summed E-state index contributed by atoms with van der Waals surface area (Å²) in [6.07, 6.45) is -5.61. The molecule has 0 spiro atoms. The molecule has 11 heteroatoms. The summed E-state index contributed by atoms with van der Waals surface area (Å²) in [6, 6.07) is 2.03. The highest BCUT2D eigenvalue weighted by atomic mass is 79.9. The van der Waals surface area contributed by atoms with Crippen molar-refractivity contribution in [3.05, 3.63) is 27.2 Å². The smallest absolute Gasteiger partial charge is 0.352 e. The Bertz CT molecular complexity index is 664. The molecule has 118 valence electrons. The summed E-state index contributed by atoms with van der Waals surface area (Å²) in [5.41, 5.74) is -0.218. The highest BCUT2D eigenvalue weighted by molar-refractivity contribution is 9.10. The van der Waals surface area contributed by atoms with Crippen LogP contribution in [0.15, 0.2) is 21.5 Å². The minimum atomic E-state index is -4.41. The van der Waals surface area contributed by atoms with Gasteiger partial charge >= 0.3 is 6.18 Å². The van der Waals surface area contributed by atoms with Crippen LogP contribution in [0.25, 0.3) is 0 Å². The van der Waals surface area contributed by atoms with Crippen LogP contribution >= 0.6 is 38.2 Å². The highest BCUT2D eigenvalue weighted by Crippen LogP contribution is 2.33. The fourth-order valence-electron chi connectivity index (χ4n) is 1.29. The van der Waals surface area contributed by atoms with Crippen LogP contribution in [0, 0.1) is 0 Å². The van der Waals surface area contributed by atoms with Crippen LogP contribution < -0.4 is 5.32 Å². The van der Waals surface area contributed by atoms with Crippen molar-refractivity contribution in [2.75, 3.05) is 6.54 Å². The van der Waals surface area contributed by atoms with Gasteiger partial charge in [-0.1, -0.05) is 11.6 Å². The van der Waals surface area contributed by atoms with Crippen molar-refractivity contribution in [3.8, 4) is 0 Å². The number of carbonyl (C=O) groups excluding carboxylic acids is 1. The summed E-state index contributed by atoms with van der Waals surface area (Å²) >= 11 is 8.65. The zero-order valence-electron chi connectivity index (χ0n) is 9.97. The number of nitrogens with one attached hydrogen (secondary N) is 1. The monoisotopic (exact) mass is 427 g/mol. The maximum Gasteiger partial charge on any atom is 0.390 e. The van der Waals surface area contributed by atoms with E-state index < -0.39 is 39.0 Å². The second-order valence-corrected chi connectivity index (χ2v) is 7.56. The van der Waals surface area contributed by atoms with Crippen LogP contribution in [0.1, 0.15) is 16.8 Å². The van der Waals surface area contributed by atoms with Crippen LogP contribution in [0.4, 0.5) is 13.2 Å². The second-order valence-electron chi connectivity index (χ2n) is 3.83. The van der Waals surface area contributed by atoms with E-state index in [0.29, 0.717) is 0 Å². The molecule has 0 atom stereocenters. The maximum absolute atomic E-state index is 12.0. The molecule has 0 unspecified atom stereocenters. The molecule has 1 aromatic rings. The summed E-state index contributed by atoms with van der Waals surface area (Å²) in [5.74, 6) is -0.893. The SMILES string of the molecule is O=C(NCCC(F)(F)F)c1cc(Cl)c(Br)c(S(=O)(=O)Cl)c1. The largest absolute Gasteiger partial charge is 0.390 e. The number of carbonyl (C=O) groups is 1. The van der Waals surface area contributed by atoms with Gasteiger partial charge < -0.3 is 5.32 Å². The number of halogens is 6. The van der Waals surface area contributed by atoms with Crippen molar-refractivity contribution < 1.29 is 26.4 Å². The van der Waals surface area contributed by atoms with Gasteiger partial charge in [0.05, 0.1) is 20.8 Å². The van der Waals surface area contributed by atoms with E-state index in [0.717, 1.165) is 12.1 Å². The van der Waals surface area contributed by atoms with E-state index in [2.05, 4.69) is 15.9 Å². The lowest BCUT2D eigenvalue weighted by atomic mass is 10.2. The van der Waals surface area contributed by atoms with Gasteiger partial charge in [0, 0.05) is 22.8 Å². The number of rotatable bonds is 4. The number of hydrogen-bond acceptors (Lipinski definition) is 3. The highest BCUT2D eigenvalue weighted by Gasteiger charge is 2.27. The van der Waals surface area contributed by atoms with Crippen LogP contribution in [0.3, 0.4) is 0 Å². The van der Waals surface area contributed by atoms with E-state index in [9.17, 15) is 26.4 Å². The van der Waals surface area contributed by atoms with Crippen molar-refractivity contribution in [3.63, 3.8) is 0 Å². The lowest BCUT2D eigenvalue weighted by Gasteiger charge is -2.10. The molecule has 4 nitrogen and oxygen atoms in total. The minimum Gasteiger partial charge on any atom is -0.352 e. The third kappa shape index (κ3) is 5.65. The summed E-state index contributed by atoms with van der Waals surface area (Å²) in [5, 5.41) is 1.90. The van der Waals surface area contributed by atoms with E-state index in [1.807, 2.05) is 5.32 Å². The number of benzene rings is 1. The Morgan fingerprint density at radius 3 is 2.38 bits per heavy atom. The average molecular weight is 429 g/mol. The molecule has 1 rings (SSSR count). The van der Waals surface area contributed by atoms with Crippen molar-refractivity contribution in [1.82, 2.24) is 5.32 Å². The Balaban J connectivity index is 2.99. The quantitative estimate of drug-likeness (QED) is 0.743. The van der Waals surface area contributed by atoms with E-state index in [1.54, 1.807) is 0 Å². The summed E-state index contributed by atoms with van der Waals surface area (Å²) in [4.78, 5) is 11.2. The fraction of sp³-hybridized carbons (Fsp3) is 0.300. The molecule has 1 amide bonds. The van der Waals surface area contributed by atoms with Crippen molar-refractivity contribution in [1.29, 1.82) is 0 Å². The predicted molar refractivity (Wildman–Crippen MR) is 75.2 cm³/mol. The minimum absolute atomic E-state index is 0.0361. The molecule has 0 bridgehead atoms. The third-order valence-corrected chi connectivity index (χ3v) is 5.20. The third-order valence-electron chi connectivity index (χ3n) is 2.21. The molecule has 0 aliphatic carbocycles. The van der Waals surface area contributed by atoms with E-state index in [4.69, 9.17) is 22.3 Å². The van der Waals surface area contributed by atoms with Gasteiger partial charge in [-0.3, -0.25) is 4.79 Å². The molecule has 0 aliphatic rings. The molecule has 0 heterocycles. The first-order valence-corrected chi connectivity index (χ1v) is 8.68. The fourth-order valence-corrected chi connectivity index (χ4v) is 3.67. The topological polar surface area (TPSA) is 63.2 Å². The molecule has 0 aliphatic heterocycles. The molecule has 0 saturated carbocycles. The second kappa shape index (κ2) is 6.72. The van der Waals surface area contributed by atoms with Crippen molar-refractivity contribution >= 4 is 53.2 Å². The van der Waals surface area contributed by atoms with Gasteiger partial charge in [0.1, 0.15) is 0 Å². The molecular weight excluding hydrogens is 422 g/mol. The molecule has 1 aromatic carbocycles. The average Bonchev–Trinajstić information content (AvgIpc) is 2.29. The van der Waals surface area contributed by atoms with Crippen molar-refractivity contribution in [2.24, 2.45) is 0 Å². The normalized spacial score (nSPS) is 12.3. The lowest BCUT2D eigenvalue weighted by Crippen LogP contribution is -2.28.